The molecule has 31 heavy (non-hydrogen) atoms. The fraction of sp³-hybridized carbons (Fsp3) is 0.238. The number of nitrogens with zero attached hydrogens (tertiary/aromatic N) is 1. The normalized spacial score (nSPS) is 17.8. The second-order valence-corrected chi connectivity index (χ2v) is 7.16. The van der Waals surface area contributed by atoms with E-state index in [9.17, 15) is 27.2 Å². The van der Waals surface area contributed by atoms with Crippen molar-refractivity contribution in [2.45, 2.75) is 12.6 Å². The summed E-state index contributed by atoms with van der Waals surface area (Å²) in [7, 11) is 0. The molecule has 0 unspecified atom stereocenters. The van der Waals surface area contributed by atoms with Gasteiger partial charge in [-0.1, -0.05) is 0 Å². The number of fused-ring (bicyclic) bond motifs is 1. The Labute approximate surface area is 174 Å². The standard InChI is InChI=1S/C21H18F4N4O2/c22-12-1-3-17-14(9-12)15(20(31)28-17)11-27-13-2-4-18(16(10-13)21(23,24)25)29-7-5-19(30)26-6-8-29/h1-4,9-11,27H,5-8H2,(H,26,30)(H,28,31). The van der Waals surface area contributed by atoms with Crippen LogP contribution < -0.4 is 20.9 Å². The third-order valence-electron chi connectivity index (χ3n) is 5.10. The Morgan fingerprint density at radius 1 is 1.06 bits per heavy atom. The number of halogens is 4. The van der Waals surface area contributed by atoms with E-state index in [1.54, 1.807) is 0 Å². The Hall–Kier alpha value is -3.56. The lowest BCUT2D eigenvalue weighted by Gasteiger charge is -2.26. The molecule has 0 aliphatic carbocycles. The minimum atomic E-state index is -4.62. The lowest BCUT2D eigenvalue weighted by atomic mass is 10.1. The van der Waals surface area contributed by atoms with Crippen molar-refractivity contribution in [3.63, 3.8) is 0 Å². The molecule has 162 valence electrons. The van der Waals surface area contributed by atoms with Gasteiger partial charge in [0, 0.05) is 54.9 Å². The van der Waals surface area contributed by atoms with Crippen LogP contribution in [0, 0.1) is 5.82 Å². The molecule has 4 rings (SSSR count). The number of carbonyl (C=O) groups is 2. The quantitative estimate of drug-likeness (QED) is 0.510. The van der Waals surface area contributed by atoms with Crippen LogP contribution in [0.1, 0.15) is 17.5 Å². The number of amides is 2. The van der Waals surface area contributed by atoms with E-state index in [1.807, 2.05) is 0 Å². The number of nitrogens with one attached hydrogen (secondary N) is 3. The summed E-state index contributed by atoms with van der Waals surface area (Å²) in [4.78, 5) is 25.2. The molecule has 2 heterocycles. The van der Waals surface area contributed by atoms with Gasteiger partial charge in [0.25, 0.3) is 5.91 Å². The maximum Gasteiger partial charge on any atom is 0.418 e. The van der Waals surface area contributed by atoms with E-state index in [4.69, 9.17) is 0 Å². The summed E-state index contributed by atoms with van der Waals surface area (Å²) in [5.74, 6) is -1.22. The summed E-state index contributed by atoms with van der Waals surface area (Å²) in [6.45, 7) is 0.690. The first-order valence-electron chi connectivity index (χ1n) is 9.53. The van der Waals surface area contributed by atoms with Gasteiger partial charge in [-0.15, -0.1) is 0 Å². The van der Waals surface area contributed by atoms with Gasteiger partial charge in [-0.25, -0.2) is 4.39 Å². The summed E-state index contributed by atoms with van der Waals surface area (Å²) in [6, 6.07) is 7.55. The molecule has 0 saturated carbocycles. The minimum Gasteiger partial charge on any atom is -0.369 e. The van der Waals surface area contributed by atoms with Gasteiger partial charge in [0.05, 0.1) is 11.1 Å². The molecule has 3 N–H and O–H groups in total. The second kappa shape index (κ2) is 7.93. The van der Waals surface area contributed by atoms with Gasteiger partial charge in [-0.05, 0) is 36.4 Å². The van der Waals surface area contributed by atoms with Crippen molar-refractivity contribution in [2.24, 2.45) is 0 Å². The number of carbonyl (C=O) groups excluding carboxylic acids is 2. The van der Waals surface area contributed by atoms with Crippen LogP contribution in [0.2, 0.25) is 0 Å². The topological polar surface area (TPSA) is 73.5 Å². The molecule has 0 bridgehead atoms. The summed E-state index contributed by atoms with van der Waals surface area (Å²) < 4.78 is 54.8. The van der Waals surface area contributed by atoms with Gasteiger partial charge < -0.3 is 20.9 Å². The molecule has 2 aliphatic heterocycles. The average Bonchev–Trinajstić information content (AvgIpc) is 2.86. The molecule has 0 spiro atoms. The molecule has 0 radical (unpaired) electrons. The first kappa shape index (κ1) is 20.7. The predicted octanol–water partition coefficient (Wildman–Crippen LogP) is 3.58. The molecule has 0 aromatic heterocycles. The molecule has 2 aromatic carbocycles. The molecule has 0 atom stereocenters. The minimum absolute atomic E-state index is 0.0202. The number of benzene rings is 2. The van der Waals surface area contributed by atoms with Crippen molar-refractivity contribution >= 4 is 34.4 Å². The molecule has 10 heteroatoms. The Kier molecular flexibility index (Phi) is 5.30. The maximum atomic E-state index is 13.7. The molecule has 2 amide bonds. The molecule has 1 saturated heterocycles. The summed E-state index contributed by atoms with van der Waals surface area (Å²) >= 11 is 0. The number of hydrogen-bond donors (Lipinski definition) is 3. The number of anilines is 3. The van der Waals surface area contributed by atoms with Crippen LogP contribution in [0.3, 0.4) is 0 Å². The van der Waals surface area contributed by atoms with E-state index in [0.717, 1.165) is 6.07 Å². The van der Waals surface area contributed by atoms with Gasteiger partial charge in [0.1, 0.15) is 5.82 Å². The van der Waals surface area contributed by atoms with Crippen molar-refractivity contribution in [2.75, 3.05) is 35.2 Å². The van der Waals surface area contributed by atoms with Crippen molar-refractivity contribution in [3.8, 4) is 0 Å². The van der Waals surface area contributed by atoms with Crippen molar-refractivity contribution in [1.29, 1.82) is 0 Å². The predicted molar refractivity (Wildman–Crippen MR) is 108 cm³/mol. The van der Waals surface area contributed by atoms with Gasteiger partial charge in [0.2, 0.25) is 5.91 Å². The highest BCUT2D eigenvalue weighted by atomic mass is 19.4. The van der Waals surface area contributed by atoms with Gasteiger partial charge in [0.15, 0.2) is 0 Å². The molecule has 6 nitrogen and oxygen atoms in total. The van der Waals surface area contributed by atoms with E-state index < -0.39 is 23.5 Å². The zero-order valence-electron chi connectivity index (χ0n) is 16.1. The molecule has 1 fully saturated rings. The SMILES string of the molecule is O=C1CCN(c2ccc(NC=C3C(=O)Nc4ccc(F)cc43)cc2C(F)(F)F)CCN1. The highest BCUT2D eigenvalue weighted by Gasteiger charge is 2.35. The lowest BCUT2D eigenvalue weighted by molar-refractivity contribution is -0.137. The van der Waals surface area contributed by atoms with Gasteiger partial charge in [-0.3, -0.25) is 9.59 Å². The highest BCUT2D eigenvalue weighted by Crippen LogP contribution is 2.39. The molecular formula is C21H18F4N4O2. The van der Waals surface area contributed by atoms with E-state index >= 15 is 0 Å². The van der Waals surface area contributed by atoms with Crippen molar-refractivity contribution in [3.05, 3.63) is 59.5 Å². The zero-order chi connectivity index (χ0) is 22.2. The van der Waals surface area contributed by atoms with Gasteiger partial charge >= 0.3 is 6.18 Å². The van der Waals surface area contributed by atoms with Crippen LogP contribution in [0.15, 0.2) is 42.6 Å². The van der Waals surface area contributed by atoms with E-state index in [0.29, 0.717) is 11.3 Å². The smallest absolute Gasteiger partial charge is 0.369 e. The first-order chi connectivity index (χ1) is 14.7. The number of alkyl halides is 3. The fourth-order valence-electron chi connectivity index (χ4n) is 3.60. The average molecular weight is 434 g/mol. The Balaban J connectivity index is 1.63. The lowest BCUT2D eigenvalue weighted by Crippen LogP contribution is -2.30. The third-order valence-corrected chi connectivity index (χ3v) is 5.10. The zero-order valence-corrected chi connectivity index (χ0v) is 16.1. The van der Waals surface area contributed by atoms with E-state index in [-0.39, 0.29) is 48.9 Å². The van der Waals surface area contributed by atoms with Crippen molar-refractivity contribution < 1.29 is 27.2 Å². The third kappa shape index (κ3) is 4.32. The van der Waals surface area contributed by atoms with Crippen molar-refractivity contribution in [1.82, 2.24) is 5.32 Å². The fourth-order valence-corrected chi connectivity index (χ4v) is 3.60. The molecule has 2 aliphatic rings. The Bertz CT molecular complexity index is 1080. The summed E-state index contributed by atoms with van der Waals surface area (Å²) in [6.07, 6.45) is -3.26. The Morgan fingerprint density at radius 3 is 2.65 bits per heavy atom. The van der Waals surface area contributed by atoms with Crippen LogP contribution >= 0.6 is 0 Å². The Morgan fingerprint density at radius 2 is 1.87 bits per heavy atom. The van der Waals surface area contributed by atoms with Crippen LogP contribution in [-0.2, 0) is 15.8 Å². The van der Waals surface area contributed by atoms with Crippen LogP contribution in [0.5, 0.6) is 0 Å². The van der Waals surface area contributed by atoms with Crippen LogP contribution in [0.25, 0.3) is 5.57 Å². The number of hydrogen-bond acceptors (Lipinski definition) is 4. The van der Waals surface area contributed by atoms with E-state index in [2.05, 4.69) is 16.0 Å². The maximum absolute atomic E-state index is 13.7. The first-order valence-corrected chi connectivity index (χ1v) is 9.53. The number of rotatable bonds is 3. The van der Waals surface area contributed by atoms with Gasteiger partial charge in [-0.2, -0.15) is 13.2 Å². The van der Waals surface area contributed by atoms with Crippen LogP contribution in [0.4, 0.5) is 34.6 Å². The largest absolute Gasteiger partial charge is 0.418 e. The molecular weight excluding hydrogens is 416 g/mol. The second-order valence-electron chi connectivity index (χ2n) is 7.16. The molecule has 2 aromatic rings. The van der Waals surface area contributed by atoms with Crippen LogP contribution in [-0.4, -0.2) is 31.4 Å². The van der Waals surface area contributed by atoms with E-state index in [1.165, 1.54) is 41.4 Å². The summed E-state index contributed by atoms with van der Waals surface area (Å²) in [5, 5.41) is 7.92. The summed E-state index contributed by atoms with van der Waals surface area (Å²) in [5.41, 5.74) is 0.109. The monoisotopic (exact) mass is 434 g/mol. The highest BCUT2D eigenvalue weighted by molar-refractivity contribution is 6.31.